The number of nitrogens with one attached hydrogen (secondary N) is 1. The van der Waals surface area contributed by atoms with Crippen LogP contribution in [0.15, 0.2) is 11.1 Å². The quantitative estimate of drug-likeness (QED) is 0.821. The lowest BCUT2D eigenvalue weighted by molar-refractivity contribution is 0.400. The molecule has 1 heterocycles. The van der Waals surface area contributed by atoms with E-state index in [0.29, 0.717) is 5.92 Å². The van der Waals surface area contributed by atoms with E-state index in [9.17, 15) is 8.42 Å². The first-order valence-electron chi connectivity index (χ1n) is 5.55. The summed E-state index contributed by atoms with van der Waals surface area (Å²) in [4.78, 5) is 0.0497. The van der Waals surface area contributed by atoms with Crippen LogP contribution in [-0.2, 0) is 17.1 Å². The molecule has 0 aromatic carbocycles. The first-order valence-corrected chi connectivity index (χ1v) is 7.04. The Morgan fingerprint density at radius 2 is 2.12 bits per heavy atom. The molecule has 3 N–H and O–H groups in total. The topological polar surface area (TPSA) is 90.0 Å². The predicted octanol–water partition coefficient (Wildman–Crippen LogP) is 0.469. The maximum Gasteiger partial charge on any atom is 0.246 e. The number of hydrogen-bond donors (Lipinski definition) is 2. The summed E-state index contributed by atoms with van der Waals surface area (Å²) in [6, 6.07) is 0. The molecule has 0 unspecified atom stereocenters. The van der Waals surface area contributed by atoms with Crippen molar-refractivity contribution in [2.75, 3.05) is 5.73 Å². The third-order valence-electron chi connectivity index (χ3n) is 3.11. The molecular formula is C10H18N4O2S. The summed E-state index contributed by atoms with van der Waals surface area (Å²) in [5, 5.41) is 3.84. The van der Waals surface area contributed by atoms with Crippen molar-refractivity contribution in [3.05, 3.63) is 6.20 Å². The maximum atomic E-state index is 12.2. The van der Waals surface area contributed by atoms with Crippen LogP contribution in [0.5, 0.6) is 0 Å². The van der Waals surface area contributed by atoms with Gasteiger partial charge in [0.05, 0.1) is 0 Å². The van der Waals surface area contributed by atoms with Gasteiger partial charge >= 0.3 is 0 Å². The molecule has 0 amide bonds. The van der Waals surface area contributed by atoms with E-state index in [0.717, 1.165) is 12.8 Å². The lowest BCUT2D eigenvalue weighted by Gasteiger charge is -2.25. The lowest BCUT2D eigenvalue weighted by Crippen LogP contribution is -2.45. The van der Waals surface area contributed by atoms with Crippen molar-refractivity contribution in [2.45, 2.75) is 37.1 Å². The van der Waals surface area contributed by atoms with E-state index in [4.69, 9.17) is 5.73 Å². The van der Waals surface area contributed by atoms with E-state index < -0.39 is 15.6 Å². The summed E-state index contributed by atoms with van der Waals surface area (Å²) in [6.07, 6.45) is 3.55. The van der Waals surface area contributed by atoms with Gasteiger partial charge in [-0.15, -0.1) is 0 Å². The van der Waals surface area contributed by atoms with Gasteiger partial charge in [0, 0.05) is 18.8 Å². The Morgan fingerprint density at radius 3 is 2.53 bits per heavy atom. The third kappa shape index (κ3) is 2.44. The zero-order valence-electron chi connectivity index (χ0n) is 10.3. The van der Waals surface area contributed by atoms with Crippen molar-refractivity contribution in [3.8, 4) is 0 Å². The van der Waals surface area contributed by atoms with E-state index in [1.54, 1.807) is 7.05 Å². The number of aryl methyl sites for hydroxylation is 1. The number of sulfonamides is 1. The number of nitrogens with two attached hydrogens (primary N) is 1. The Morgan fingerprint density at radius 1 is 1.53 bits per heavy atom. The molecule has 0 spiro atoms. The minimum atomic E-state index is -3.59. The molecule has 1 aromatic rings. The molecule has 1 aliphatic rings. The van der Waals surface area contributed by atoms with Crippen LogP contribution in [-0.4, -0.2) is 23.7 Å². The first kappa shape index (κ1) is 12.4. The van der Waals surface area contributed by atoms with Gasteiger partial charge in [0.1, 0.15) is 4.90 Å². The Hall–Kier alpha value is -1.08. The van der Waals surface area contributed by atoms with Gasteiger partial charge in [-0.2, -0.15) is 5.10 Å². The van der Waals surface area contributed by atoms with Crippen LogP contribution in [0.25, 0.3) is 0 Å². The van der Waals surface area contributed by atoms with Crippen LogP contribution < -0.4 is 10.5 Å². The van der Waals surface area contributed by atoms with Gasteiger partial charge in [0.2, 0.25) is 10.0 Å². The molecule has 0 aliphatic heterocycles. The molecule has 17 heavy (non-hydrogen) atoms. The minimum absolute atomic E-state index is 0.0339. The molecule has 96 valence electrons. The van der Waals surface area contributed by atoms with Crippen molar-refractivity contribution in [1.82, 2.24) is 14.5 Å². The summed E-state index contributed by atoms with van der Waals surface area (Å²) in [5.41, 5.74) is 5.16. The van der Waals surface area contributed by atoms with Gasteiger partial charge < -0.3 is 5.73 Å². The Kier molecular flexibility index (Phi) is 2.70. The molecule has 0 atom stereocenters. The van der Waals surface area contributed by atoms with Crippen molar-refractivity contribution in [3.63, 3.8) is 0 Å². The van der Waals surface area contributed by atoms with Crippen LogP contribution in [0.3, 0.4) is 0 Å². The van der Waals surface area contributed by atoms with Crippen LogP contribution in [0.1, 0.15) is 26.7 Å². The second-order valence-corrected chi connectivity index (χ2v) is 6.80. The smallest absolute Gasteiger partial charge is 0.246 e. The lowest BCUT2D eigenvalue weighted by atomic mass is 10.0. The van der Waals surface area contributed by atoms with Crippen LogP contribution in [0, 0.1) is 5.92 Å². The first-order chi connectivity index (χ1) is 7.72. The maximum absolute atomic E-state index is 12.2. The van der Waals surface area contributed by atoms with Crippen LogP contribution >= 0.6 is 0 Å². The molecule has 6 nitrogen and oxygen atoms in total. The van der Waals surface area contributed by atoms with Crippen LogP contribution in [0.2, 0.25) is 0 Å². The fourth-order valence-electron chi connectivity index (χ4n) is 1.98. The second-order valence-electron chi connectivity index (χ2n) is 5.15. The Balaban J connectivity index is 2.27. The van der Waals surface area contributed by atoms with E-state index in [2.05, 4.69) is 9.82 Å². The van der Waals surface area contributed by atoms with Crippen molar-refractivity contribution in [2.24, 2.45) is 13.0 Å². The molecule has 0 bridgehead atoms. The molecule has 1 saturated carbocycles. The monoisotopic (exact) mass is 258 g/mol. The molecule has 1 aliphatic carbocycles. The van der Waals surface area contributed by atoms with Gasteiger partial charge in [-0.25, -0.2) is 13.1 Å². The highest BCUT2D eigenvalue weighted by Crippen LogP contribution is 2.40. The molecule has 7 heteroatoms. The molecule has 0 radical (unpaired) electrons. The van der Waals surface area contributed by atoms with E-state index in [-0.39, 0.29) is 10.7 Å². The van der Waals surface area contributed by atoms with Gasteiger partial charge in [-0.05, 0) is 32.6 Å². The molecule has 1 fully saturated rings. The third-order valence-corrected chi connectivity index (χ3v) is 4.80. The van der Waals surface area contributed by atoms with Crippen LogP contribution in [0.4, 0.5) is 5.82 Å². The standard InChI is InChI=1S/C10H18N4O2S/c1-10(2,7-4-5-7)13-17(15,16)8-6-14(3)12-9(8)11/h6-7,13H,4-5H2,1-3H3,(H2,11,12). The predicted molar refractivity (Wildman–Crippen MR) is 64.7 cm³/mol. The highest BCUT2D eigenvalue weighted by molar-refractivity contribution is 7.89. The zero-order valence-corrected chi connectivity index (χ0v) is 11.1. The zero-order chi connectivity index (χ0) is 12.8. The number of nitrogen functional groups attached to an aromatic ring is 1. The van der Waals surface area contributed by atoms with Crippen molar-refractivity contribution in [1.29, 1.82) is 0 Å². The van der Waals surface area contributed by atoms with E-state index in [1.807, 2.05) is 13.8 Å². The summed E-state index contributed by atoms with van der Waals surface area (Å²) in [5.74, 6) is 0.446. The molecule has 2 rings (SSSR count). The fraction of sp³-hybridized carbons (Fsp3) is 0.700. The molecule has 1 aromatic heterocycles. The highest BCUT2D eigenvalue weighted by Gasteiger charge is 2.41. The van der Waals surface area contributed by atoms with Gasteiger partial charge in [-0.3, -0.25) is 4.68 Å². The van der Waals surface area contributed by atoms with E-state index in [1.165, 1.54) is 10.9 Å². The van der Waals surface area contributed by atoms with Gasteiger partial charge in [-0.1, -0.05) is 0 Å². The normalized spacial score (nSPS) is 17.4. The minimum Gasteiger partial charge on any atom is -0.381 e. The van der Waals surface area contributed by atoms with Gasteiger partial charge in [0.25, 0.3) is 0 Å². The Labute approximate surface area is 101 Å². The van der Waals surface area contributed by atoms with Crippen molar-refractivity contribution >= 4 is 15.8 Å². The SMILES string of the molecule is Cn1cc(S(=O)(=O)NC(C)(C)C2CC2)c(N)n1. The number of aromatic nitrogens is 2. The summed E-state index contributed by atoms with van der Waals surface area (Å²) in [7, 11) is -1.95. The second kappa shape index (κ2) is 3.71. The fourth-order valence-corrected chi connectivity index (χ4v) is 3.56. The number of anilines is 1. The van der Waals surface area contributed by atoms with Crippen molar-refractivity contribution < 1.29 is 8.42 Å². The average molecular weight is 258 g/mol. The number of nitrogens with zero attached hydrogens (tertiary/aromatic N) is 2. The summed E-state index contributed by atoms with van der Waals surface area (Å²) >= 11 is 0. The summed E-state index contributed by atoms with van der Waals surface area (Å²) < 4.78 is 28.4. The molecular weight excluding hydrogens is 240 g/mol. The number of rotatable bonds is 4. The Bertz CT molecular complexity index is 529. The number of hydrogen-bond acceptors (Lipinski definition) is 4. The van der Waals surface area contributed by atoms with E-state index >= 15 is 0 Å². The highest BCUT2D eigenvalue weighted by atomic mass is 32.2. The largest absolute Gasteiger partial charge is 0.381 e. The van der Waals surface area contributed by atoms with Gasteiger partial charge in [0.15, 0.2) is 5.82 Å². The molecule has 0 saturated heterocycles. The summed E-state index contributed by atoms with van der Waals surface area (Å²) in [6.45, 7) is 3.80. The average Bonchev–Trinajstić information content (AvgIpc) is 2.91.